The van der Waals surface area contributed by atoms with Gasteiger partial charge in [0, 0.05) is 100 Å². The maximum Gasteiger partial charge on any atom is 3.00 e. The molecule has 0 aromatic carbocycles. The second kappa shape index (κ2) is 33.1. The molecule has 8 bridgehead atoms. The summed E-state index contributed by atoms with van der Waals surface area (Å²) in [6.07, 6.45) is 1.76. The zero-order valence-corrected chi connectivity index (χ0v) is 52.4. The molecule has 0 N–H and O–H groups in total. The predicted molar refractivity (Wildman–Crippen MR) is 303 cm³/mol. The molecule has 0 aromatic rings. The van der Waals surface area contributed by atoms with Crippen molar-refractivity contribution in [3.05, 3.63) is 63.2 Å². The molecule has 0 saturated carbocycles. The molecule has 5 rings (SSSR count). The molecule has 1 unspecified atom stereocenters. The molecule has 9 atom stereocenters. The third-order valence-corrected chi connectivity index (χ3v) is 17.8. The van der Waals surface area contributed by atoms with Gasteiger partial charge in [-0.15, -0.1) is 0 Å². The van der Waals surface area contributed by atoms with Gasteiger partial charge in [0.05, 0.1) is 93.2 Å². The van der Waals surface area contributed by atoms with Crippen LogP contribution in [0.1, 0.15) is 126 Å². The van der Waals surface area contributed by atoms with Gasteiger partial charge in [-0.1, -0.05) is 45.8 Å². The minimum absolute atomic E-state index is 0. The molecule has 5 aliphatic heterocycles. The van der Waals surface area contributed by atoms with Crippen molar-refractivity contribution in [2.24, 2.45) is 65.4 Å². The summed E-state index contributed by atoms with van der Waals surface area (Å²) in [5.41, 5.74) is 6.94. The first-order valence-electron chi connectivity index (χ1n) is 27.6. The van der Waals surface area contributed by atoms with Crippen molar-refractivity contribution in [3.63, 3.8) is 0 Å². The van der Waals surface area contributed by atoms with Crippen LogP contribution in [0.4, 0.5) is 0 Å². The van der Waals surface area contributed by atoms with E-state index < -0.39 is 98.7 Å². The Hall–Kier alpha value is -6.96. The van der Waals surface area contributed by atoms with Crippen LogP contribution in [0.15, 0.2) is 54.4 Å². The quantitative estimate of drug-likeness (QED) is 0.0142. The van der Waals surface area contributed by atoms with E-state index in [1.54, 1.807) is 0 Å². The molecule has 5 heterocycles. The standard InChI is InChI=1S/C57H82N7O16.2CN.Co/c1-33-48-36(16-19-42(66)73-10)53(3,4)40(61-48)30-39-35(15-18-41(65)72-9)55(6,31-47(71)80-28-27-79-26-25-78-24-23-59-64-58)51(60-39)34(2)49-37(17-20-43(67)74-11)56(7,32-46(70)77-14)57(8,63-49)52-38(29-45(69)76-13)54(5,50(33)62-52)22-21-44(68)75-12;2*1-2;/h30,35-38,52H,15-29,31-32H2,1-14H3;;;/q3*-1;+3/t35-,36-,37-,38+,52?,54-,55+,56+,57+;;;/m1.../s1. The number of nitrogens with zero attached hydrogens (tertiary/aromatic N) is 9. The maximum absolute atomic E-state index is 14.4. The van der Waals surface area contributed by atoms with E-state index in [-0.39, 0.29) is 121 Å². The fourth-order valence-electron chi connectivity index (χ4n) is 12.9. The zero-order valence-electron chi connectivity index (χ0n) is 51.4. The third-order valence-electron chi connectivity index (χ3n) is 17.8. The number of carbonyl (C=O) groups excluding carboxylic acids is 7. The van der Waals surface area contributed by atoms with E-state index in [4.69, 9.17) is 92.1 Å². The van der Waals surface area contributed by atoms with Gasteiger partial charge < -0.3 is 71.6 Å². The number of fused-ring (bicyclic) bond motifs is 6. The Balaban J connectivity index is 0.00000482. The van der Waals surface area contributed by atoms with Crippen LogP contribution in [0.3, 0.4) is 0 Å². The number of rotatable bonds is 27. The van der Waals surface area contributed by atoms with Crippen molar-refractivity contribution in [2.45, 2.75) is 138 Å². The van der Waals surface area contributed by atoms with Crippen LogP contribution < -0.4 is 0 Å². The smallest absolute Gasteiger partial charge is 0.682 e. The second-order valence-electron chi connectivity index (χ2n) is 22.5. The topological polar surface area (TPSA) is 350 Å². The Morgan fingerprint density at radius 1 is 0.624 bits per heavy atom. The molecule has 0 aromatic heterocycles. The molecule has 0 aliphatic carbocycles. The normalized spacial score (nSPS) is 28.8. The summed E-state index contributed by atoms with van der Waals surface area (Å²) in [6, 6.07) is -0.938. The summed E-state index contributed by atoms with van der Waals surface area (Å²) in [5, 5.41) is 21.6. The van der Waals surface area contributed by atoms with Gasteiger partial charge in [-0.3, -0.25) is 48.5 Å². The predicted octanol–water partition coefficient (Wildman–Crippen LogP) is 8.23. The number of allylic oxidation sites excluding steroid dienone is 6. The van der Waals surface area contributed by atoms with Crippen LogP contribution in [0, 0.1) is 69.0 Å². The average molecular weight is 1230 g/mol. The number of esters is 7. The van der Waals surface area contributed by atoms with Gasteiger partial charge in [0.2, 0.25) is 0 Å². The molecule has 5 aliphatic rings. The first kappa shape index (κ1) is 74.1. The second-order valence-corrected chi connectivity index (χ2v) is 22.5. The number of methoxy groups -OCH3 is 6. The summed E-state index contributed by atoms with van der Waals surface area (Å²) in [4.78, 5) is 115. The summed E-state index contributed by atoms with van der Waals surface area (Å²) in [7, 11) is 7.80. The molecule has 26 heteroatoms. The van der Waals surface area contributed by atoms with Gasteiger partial charge in [0.15, 0.2) is 0 Å². The van der Waals surface area contributed by atoms with Crippen molar-refractivity contribution >= 4 is 58.9 Å². The van der Waals surface area contributed by atoms with E-state index in [1.165, 1.54) is 42.7 Å². The van der Waals surface area contributed by atoms with Crippen molar-refractivity contribution in [1.82, 2.24) is 0 Å². The van der Waals surface area contributed by atoms with Gasteiger partial charge in [-0.05, 0) is 80.5 Å². The van der Waals surface area contributed by atoms with Crippen molar-refractivity contribution < 1.29 is 93.0 Å². The van der Waals surface area contributed by atoms with Crippen LogP contribution in [-0.4, -0.2) is 153 Å². The Morgan fingerprint density at radius 2 is 1.13 bits per heavy atom. The molecule has 0 amide bonds. The van der Waals surface area contributed by atoms with E-state index >= 15 is 0 Å². The van der Waals surface area contributed by atoms with Crippen molar-refractivity contribution in [1.29, 1.82) is 10.5 Å². The molecule has 1 fully saturated rings. The minimum Gasteiger partial charge on any atom is -0.682 e. The molecule has 85 heavy (non-hydrogen) atoms. The van der Waals surface area contributed by atoms with Gasteiger partial charge in [-0.2, -0.15) is 5.70 Å². The average Bonchev–Trinajstić information content (AvgIpc) is 1.69. The van der Waals surface area contributed by atoms with Crippen molar-refractivity contribution in [2.75, 3.05) is 82.2 Å². The first-order valence-corrected chi connectivity index (χ1v) is 27.6. The fraction of sp³-hybridized carbons (Fsp3) is 0.695. The van der Waals surface area contributed by atoms with Gasteiger partial charge in [0.1, 0.15) is 6.61 Å². The Kier molecular flexibility index (Phi) is 28.9. The summed E-state index contributed by atoms with van der Waals surface area (Å²) < 4.78 is 48.5. The monoisotopic (exact) mass is 1230 g/mol. The minimum atomic E-state index is -1.43. The van der Waals surface area contributed by atoms with E-state index in [0.717, 1.165) is 0 Å². The maximum atomic E-state index is 14.4. The fourth-order valence-corrected chi connectivity index (χ4v) is 12.9. The molecule has 1 saturated heterocycles. The summed E-state index contributed by atoms with van der Waals surface area (Å²) in [5.74, 6) is -6.25. The Bertz CT molecular complexity index is 2740. The largest absolute Gasteiger partial charge is 3.00 e. The van der Waals surface area contributed by atoms with Gasteiger partial charge in [-0.25, -0.2) is 0 Å². The van der Waals surface area contributed by atoms with E-state index in [0.29, 0.717) is 51.8 Å². The molecule has 0 radical (unpaired) electrons. The SMILES string of the molecule is COC(=O)CC[C@@H]1C2=NC(=C\C3=NC(=C(/C)C4=N[C@@](C)(C5[N-]/C(=C\2C)[C@](C)(CCC(=O)OC)[C@H]5CC(=O)OC)[C@@](C)(CC(=O)OC)[C@@H]4CCC(=O)OC)/[C@@](C)(CC(=O)OCCOCCOCCN=[N+]=[N-])[C@@H]3CCC(=O)OC)/C1(C)C.[C-]#N.[C-]#N.[Co+3]. The third kappa shape index (κ3) is 16.5. The molecule has 25 nitrogen and oxygen atoms in total. The van der Waals surface area contributed by atoms with E-state index in [2.05, 4.69) is 10.0 Å². The van der Waals surface area contributed by atoms with Crippen LogP contribution in [0.5, 0.6) is 0 Å². The van der Waals surface area contributed by atoms with Crippen LogP contribution in [0.2, 0.25) is 0 Å². The van der Waals surface area contributed by atoms with E-state index in [9.17, 15) is 33.6 Å². The molecular weight excluding hydrogens is 1150 g/mol. The number of carbonyl (C=O) groups is 7. The Morgan fingerprint density at radius 3 is 1.67 bits per heavy atom. The van der Waals surface area contributed by atoms with Gasteiger partial charge >= 0.3 is 58.6 Å². The molecule has 468 valence electrons. The van der Waals surface area contributed by atoms with Gasteiger partial charge in [0.25, 0.3) is 0 Å². The van der Waals surface area contributed by atoms with Crippen LogP contribution >= 0.6 is 0 Å². The number of hydrogen-bond donors (Lipinski definition) is 0. The number of azide groups is 1. The molecular formula is C59H82CoN9O16. The van der Waals surface area contributed by atoms with E-state index in [1.807, 2.05) is 61.5 Å². The first-order chi connectivity index (χ1) is 39.8. The number of aliphatic imine (C=N–C) groups is 3. The Labute approximate surface area is 508 Å². The van der Waals surface area contributed by atoms with Crippen LogP contribution in [-0.2, 0) is 93.0 Å². The zero-order chi connectivity index (χ0) is 63.4. The van der Waals surface area contributed by atoms with Crippen molar-refractivity contribution in [3.8, 4) is 0 Å². The summed E-state index contributed by atoms with van der Waals surface area (Å²) >= 11 is 0. The molecule has 0 spiro atoms. The number of hydrogen-bond acceptors (Lipinski definition) is 22. The number of ether oxygens (including phenoxy) is 9. The summed E-state index contributed by atoms with van der Waals surface area (Å²) in [6.45, 7) is 25.7. The van der Waals surface area contributed by atoms with Crippen LogP contribution in [0.25, 0.3) is 15.8 Å².